The van der Waals surface area contributed by atoms with E-state index in [9.17, 15) is 14.0 Å². The van der Waals surface area contributed by atoms with E-state index >= 15 is 4.39 Å². The molecule has 4 saturated carbocycles. The molecule has 0 aromatic carbocycles. The number of ketones is 2. The van der Waals surface area contributed by atoms with Crippen molar-refractivity contribution in [1.82, 2.24) is 0 Å². The maximum atomic E-state index is 15.2. The number of halogens is 2. The van der Waals surface area contributed by atoms with Gasteiger partial charge in [-0.05, 0) is 62.2 Å². The molecule has 0 radical (unpaired) electrons. The molecule has 0 aliphatic heterocycles. The van der Waals surface area contributed by atoms with Gasteiger partial charge in [0, 0.05) is 11.6 Å². The van der Waals surface area contributed by atoms with Gasteiger partial charge < -0.3 is 5.41 Å². The lowest BCUT2D eigenvalue weighted by Gasteiger charge is -2.59. The van der Waals surface area contributed by atoms with Crippen LogP contribution >= 0.6 is 0 Å². The van der Waals surface area contributed by atoms with E-state index in [1.807, 2.05) is 6.92 Å². The molecule has 0 aromatic rings. The van der Waals surface area contributed by atoms with Gasteiger partial charge in [-0.15, -0.1) is 0 Å². The molecule has 4 aliphatic rings. The van der Waals surface area contributed by atoms with Crippen LogP contribution in [-0.2, 0) is 9.59 Å². The molecule has 0 spiro atoms. The van der Waals surface area contributed by atoms with Gasteiger partial charge in [-0.3, -0.25) is 9.59 Å². The molecule has 4 fully saturated rings. The van der Waals surface area contributed by atoms with Crippen molar-refractivity contribution >= 4 is 17.3 Å². The Kier molecular flexibility index (Phi) is 3.46. The molecule has 0 heterocycles. The third kappa shape index (κ3) is 1.93. The molecule has 8 atom stereocenters. The smallest absolute Gasteiger partial charge is 0.176 e. The highest BCUT2D eigenvalue weighted by atomic mass is 19.1. The van der Waals surface area contributed by atoms with Gasteiger partial charge in [-0.25, -0.2) is 8.78 Å². The Morgan fingerprint density at radius 2 is 1.88 bits per heavy atom. The molecule has 0 aromatic heterocycles. The van der Waals surface area contributed by atoms with Gasteiger partial charge in [-0.2, -0.15) is 0 Å². The van der Waals surface area contributed by atoms with E-state index in [1.165, 1.54) is 6.92 Å². The minimum Gasteiger partial charge on any atom is -0.310 e. The maximum Gasteiger partial charge on any atom is 0.176 e. The van der Waals surface area contributed by atoms with Crippen LogP contribution in [0.4, 0.5) is 8.78 Å². The van der Waals surface area contributed by atoms with Gasteiger partial charge >= 0.3 is 0 Å². The number of allylic oxidation sites excluding steroid dienone is 1. The molecule has 6 unspecified atom stereocenters. The van der Waals surface area contributed by atoms with E-state index in [4.69, 9.17) is 5.41 Å². The van der Waals surface area contributed by atoms with Gasteiger partial charge in [0.1, 0.15) is 0 Å². The van der Waals surface area contributed by atoms with E-state index in [0.717, 1.165) is 5.57 Å². The van der Waals surface area contributed by atoms with E-state index in [2.05, 4.69) is 6.58 Å². The van der Waals surface area contributed by atoms with Crippen LogP contribution in [0.25, 0.3) is 0 Å². The van der Waals surface area contributed by atoms with Crippen molar-refractivity contribution in [2.75, 3.05) is 0 Å². The highest BCUT2D eigenvalue weighted by molar-refractivity contribution is 6.00. The van der Waals surface area contributed by atoms with Crippen LogP contribution in [0.15, 0.2) is 12.2 Å². The van der Waals surface area contributed by atoms with Crippen molar-refractivity contribution in [1.29, 1.82) is 5.41 Å². The number of nitrogens with one attached hydrogen (secondary N) is 1. The SMILES string of the molecule is C=C1CC2C(C(=O)C(F)[C@]3(C)C(=O)C(F)CC23)[C@@]2(C)CCC(=N)CC12. The topological polar surface area (TPSA) is 58.0 Å². The predicted octanol–water partition coefficient (Wildman–Crippen LogP) is 3.86. The fourth-order valence-electron chi connectivity index (χ4n) is 6.60. The Bertz CT molecular complexity index is 704. The molecule has 0 amide bonds. The summed E-state index contributed by atoms with van der Waals surface area (Å²) in [6.45, 7) is 7.68. The molecule has 4 aliphatic carbocycles. The van der Waals surface area contributed by atoms with Crippen LogP contribution in [0.1, 0.15) is 46.0 Å². The lowest BCUT2D eigenvalue weighted by molar-refractivity contribution is -0.165. The summed E-state index contributed by atoms with van der Waals surface area (Å²) in [7, 11) is 0. The minimum atomic E-state index is -1.92. The average molecular weight is 349 g/mol. The zero-order valence-electron chi connectivity index (χ0n) is 14.8. The van der Waals surface area contributed by atoms with Gasteiger partial charge in [0.15, 0.2) is 23.9 Å². The highest BCUT2D eigenvalue weighted by Crippen LogP contribution is 2.65. The van der Waals surface area contributed by atoms with Crippen LogP contribution in [0.3, 0.4) is 0 Å². The van der Waals surface area contributed by atoms with Crippen molar-refractivity contribution < 1.29 is 18.4 Å². The third-order valence-corrected chi connectivity index (χ3v) is 7.99. The Labute approximate surface area is 146 Å². The highest BCUT2D eigenvalue weighted by Gasteiger charge is 2.70. The first kappa shape index (κ1) is 17.0. The van der Waals surface area contributed by atoms with Crippen LogP contribution in [-0.4, -0.2) is 29.6 Å². The molecular weight excluding hydrogens is 324 g/mol. The number of rotatable bonds is 0. The van der Waals surface area contributed by atoms with Gasteiger partial charge in [0.2, 0.25) is 0 Å². The zero-order chi connectivity index (χ0) is 18.3. The fourth-order valence-corrected chi connectivity index (χ4v) is 6.60. The van der Waals surface area contributed by atoms with Crippen LogP contribution in [0, 0.1) is 39.9 Å². The van der Waals surface area contributed by atoms with Crippen molar-refractivity contribution in [2.24, 2.45) is 34.5 Å². The standard InChI is InChI=1S/C20H25F2NO2/c1-9-6-11-13-8-14(21)18(25)20(13,3)17(22)16(24)15(11)19(2)5-4-10(23)7-12(9)19/h11-15,17,23H,1,4-8H2,2-3H3/t11?,12?,13?,14?,15?,17?,19-,20+/m0/s1. The minimum absolute atomic E-state index is 0.00813. The summed E-state index contributed by atoms with van der Waals surface area (Å²) < 4.78 is 29.4. The molecule has 0 saturated heterocycles. The summed E-state index contributed by atoms with van der Waals surface area (Å²) in [5.74, 6) is -2.39. The van der Waals surface area contributed by atoms with Crippen LogP contribution in [0.5, 0.6) is 0 Å². The Hall–Kier alpha value is -1.39. The van der Waals surface area contributed by atoms with Gasteiger partial charge in [0.05, 0.1) is 5.41 Å². The van der Waals surface area contributed by atoms with E-state index in [1.54, 1.807) is 0 Å². The zero-order valence-corrected chi connectivity index (χ0v) is 14.8. The Morgan fingerprint density at radius 1 is 1.20 bits per heavy atom. The van der Waals surface area contributed by atoms with Crippen LogP contribution < -0.4 is 0 Å². The summed E-state index contributed by atoms with van der Waals surface area (Å²) in [5.41, 5.74) is -0.324. The quantitative estimate of drug-likeness (QED) is 0.675. The summed E-state index contributed by atoms with van der Waals surface area (Å²) in [5, 5.41) is 8.02. The Morgan fingerprint density at radius 3 is 2.56 bits per heavy atom. The van der Waals surface area contributed by atoms with E-state index in [0.29, 0.717) is 31.4 Å². The molecular formula is C20H25F2NO2. The normalized spacial score (nSPS) is 52.6. The van der Waals surface area contributed by atoms with Crippen molar-refractivity contribution in [2.45, 2.75) is 58.3 Å². The summed E-state index contributed by atoms with van der Waals surface area (Å²) in [6, 6.07) is 0. The third-order valence-electron chi connectivity index (χ3n) is 7.99. The number of alkyl halides is 2. The summed E-state index contributed by atoms with van der Waals surface area (Å²) in [4.78, 5) is 25.4. The van der Waals surface area contributed by atoms with E-state index in [-0.39, 0.29) is 18.3 Å². The first-order valence-corrected chi connectivity index (χ1v) is 9.22. The molecule has 136 valence electrons. The molecule has 3 nitrogen and oxygen atoms in total. The van der Waals surface area contributed by atoms with Crippen molar-refractivity contribution in [3.63, 3.8) is 0 Å². The largest absolute Gasteiger partial charge is 0.310 e. The van der Waals surface area contributed by atoms with Crippen molar-refractivity contribution in [3.05, 3.63) is 12.2 Å². The number of fused-ring (bicyclic) bond motifs is 5. The van der Waals surface area contributed by atoms with Crippen molar-refractivity contribution in [3.8, 4) is 0 Å². The number of carbonyl (C=O) groups excluding carboxylic acids is 2. The number of carbonyl (C=O) groups is 2. The average Bonchev–Trinajstić information content (AvgIpc) is 2.79. The molecule has 5 heteroatoms. The lowest BCUT2D eigenvalue weighted by atomic mass is 9.43. The maximum absolute atomic E-state index is 15.2. The lowest BCUT2D eigenvalue weighted by Crippen LogP contribution is -2.62. The number of Topliss-reactive ketones (excluding diaryl/α,β-unsaturated/α-hetero) is 2. The molecule has 1 N–H and O–H groups in total. The summed E-state index contributed by atoms with van der Waals surface area (Å²) >= 11 is 0. The Balaban J connectivity index is 1.82. The molecule has 4 rings (SSSR count). The first-order valence-electron chi connectivity index (χ1n) is 9.22. The van der Waals surface area contributed by atoms with Gasteiger partial charge in [0.25, 0.3) is 0 Å². The van der Waals surface area contributed by atoms with Gasteiger partial charge in [-0.1, -0.05) is 19.1 Å². The van der Waals surface area contributed by atoms with E-state index < -0.39 is 46.6 Å². The second kappa shape index (κ2) is 5.08. The summed E-state index contributed by atoms with van der Waals surface area (Å²) in [6.07, 6.45) is -1.18. The number of hydrogen-bond donors (Lipinski definition) is 1. The fraction of sp³-hybridized carbons (Fsp3) is 0.750. The second-order valence-corrected chi connectivity index (χ2v) is 9.09. The monoisotopic (exact) mass is 349 g/mol. The molecule has 25 heavy (non-hydrogen) atoms. The predicted molar refractivity (Wildman–Crippen MR) is 89.9 cm³/mol. The molecule has 0 bridgehead atoms. The number of hydrogen-bond acceptors (Lipinski definition) is 3. The second-order valence-electron chi connectivity index (χ2n) is 9.09. The van der Waals surface area contributed by atoms with Crippen LogP contribution in [0.2, 0.25) is 0 Å². The first-order chi connectivity index (χ1) is 11.6.